The van der Waals surface area contributed by atoms with Gasteiger partial charge in [-0.1, -0.05) is 22.0 Å². The summed E-state index contributed by atoms with van der Waals surface area (Å²) in [4.78, 5) is 25.9. The van der Waals surface area contributed by atoms with E-state index >= 15 is 0 Å². The molecule has 1 aromatic carbocycles. The van der Waals surface area contributed by atoms with E-state index in [0.29, 0.717) is 0 Å². The summed E-state index contributed by atoms with van der Waals surface area (Å²) in [5.74, 6) is -1.50. The van der Waals surface area contributed by atoms with Gasteiger partial charge in [-0.05, 0) is 25.1 Å². The van der Waals surface area contributed by atoms with Gasteiger partial charge in [-0.15, -0.1) is 0 Å². The Morgan fingerprint density at radius 1 is 1.41 bits per heavy atom. The fraction of sp³-hybridized carbons (Fsp3) is 0.167. The molecule has 88 valence electrons. The van der Waals surface area contributed by atoms with Crippen molar-refractivity contribution < 1.29 is 14.3 Å². The molecule has 1 heterocycles. The van der Waals surface area contributed by atoms with Crippen LogP contribution >= 0.6 is 15.9 Å². The van der Waals surface area contributed by atoms with E-state index in [0.717, 1.165) is 15.4 Å². The molecule has 0 atom stereocenters. The zero-order valence-electron chi connectivity index (χ0n) is 9.12. The van der Waals surface area contributed by atoms with Gasteiger partial charge < -0.3 is 9.72 Å². The van der Waals surface area contributed by atoms with Crippen LogP contribution in [-0.2, 0) is 9.53 Å². The first kappa shape index (κ1) is 11.9. The van der Waals surface area contributed by atoms with E-state index < -0.39 is 11.8 Å². The van der Waals surface area contributed by atoms with Crippen molar-refractivity contribution in [3.05, 3.63) is 34.4 Å². The van der Waals surface area contributed by atoms with Crippen LogP contribution in [0.25, 0.3) is 10.9 Å². The average Bonchev–Trinajstić information content (AvgIpc) is 2.73. The van der Waals surface area contributed by atoms with Gasteiger partial charge in [0.15, 0.2) is 0 Å². The lowest BCUT2D eigenvalue weighted by atomic mass is 10.2. The third-order valence-electron chi connectivity index (χ3n) is 2.32. The molecule has 5 heteroatoms. The van der Waals surface area contributed by atoms with Crippen molar-refractivity contribution in [1.29, 1.82) is 0 Å². The molecule has 2 aromatic rings. The molecule has 0 aliphatic heterocycles. The van der Waals surface area contributed by atoms with Gasteiger partial charge in [-0.2, -0.15) is 0 Å². The first-order valence-corrected chi connectivity index (χ1v) is 5.91. The van der Waals surface area contributed by atoms with Gasteiger partial charge >= 0.3 is 5.97 Å². The number of carbonyl (C=O) groups is 2. The number of aromatic nitrogens is 1. The Hall–Kier alpha value is -1.62. The SMILES string of the molecule is CCOC(=O)C(=O)c1cc2c(Br)cccc2[nH]1. The molecule has 1 N–H and O–H groups in total. The molecule has 4 nitrogen and oxygen atoms in total. The lowest BCUT2D eigenvalue weighted by Crippen LogP contribution is -2.17. The first-order valence-electron chi connectivity index (χ1n) is 5.12. The summed E-state index contributed by atoms with van der Waals surface area (Å²) in [6.45, 7) is 1.85. The van der Waals surface area contributed by atoms with Crippen LogP contribution in [0.3, 0.4) is 0 Å². The van der Waals surface area contributed by atoms with E-state index in [1.807, 2.05) is 18.2 Å². The number of rotatable bonds is 3. The monoisotopic (exact) mass is 295 g/mol. The predicted molar refractivity (Wildman–Crippen MR) is 67.0 cm³/mol. The van der Waals surface area contributed by atoms with Gasteiger partial charge in [-0.25, -0.2) is 4.79 Å². The third kappa shape index (κ3) is 2.24. The smallest absolute Gasteiger partial charge is 0.381 e. The molecule has 17 heavy (non-hydrogen) atoms. The first-order chi connectivity index (χ1) is 8.13. The number of esters is 1. The number of halogens is 1. The van der Waals surface area contributed by atoms with E-state index in [-0.39, 0.29) is 12.3 Å². The van der Waals surface area contributed by atoms with Crippen molar-refractivity contribution in [2.75, 3.05) is 6.61 Å². The second-order valence-corrected chi connectivity index (χ2v) is 4.29. The van der Waals surface area contributed by atoms with Crippen LogP contribution in [0, 0.1) is 0 Å². The quantitative estimate of drug-likeness (QED) is 0.538. The highest BCUT2D eigenvalue weighted by Crippen LogP contribution is 2.24. The van der Waals surface area contributed by atoms with Gasteiger partial charge in [0.1, 0.15) is 0 Å². The zero-order chi connectivity index (χ0) is 12.4. The van der Waals surface area contributed by atoms with E-state index in [2.05, 4.69) is 25.7 Å². The minimum atomic E-state index is -0.838. The standard InChI is InChI=1S/C12H10BrNO3/c1-2-17-12(16)11(15)10-6-7-8(13)4-3-5-9(7)14-10/h3-6,14H,2H2,1H3. The molecule has 0 saturated carbocycles. The van der Waals surface area contributed by atoms with Gasteiger partial charge in [0.25, 0.3) is 5.78 Å². The normalized spacial score (nSPS) is 10.5. The van der Waals surface area contributed by atoms with Crippen LogP contribution < -0.4 is 0 Å². The number of nitrogens with one attached hydrogen (secondary N) is 1. The van der Waals surface area contributed by atoms with Crippen molar-refractivity contribution >= 4 is 38.6 Å². The molecule has 0 amide bonds. The Kier molecular flexibility index (Phi) is 3.28. The summed E-state index contributed by atoms with van der Waals surface area (Å²) >= 11 is 3.38. The number of hydrogen-bond acceptors (Lipinski definition) is 3. The van der Waals surface area contributed by atoms with Crippen LogP contribution in [0.4, 0.5) is 0 Å². The average molecular weight is 296 g/mol. The zero-order valence-corrected chi connectivity index (χ0v) is 10.7. The summed E-state index contributed by atoms with van der Waals surface area (Å²) in [7, 11) is 0. The minimum Gasteiger partial charge on any atom is -0.460 e. The molecule has 0 bridgehead atoms. The molecule has 2 rings (SSSR count). The number of ether oxygens (including phenoxy) is 1. The van der Waals surface area contributed by atoms with Gasteiger partial charge in [0.2, 0.25) is 0 Å². The molecule has 0 unspecified atom stereocenters. The molecule has 0 saturated heterocycles. The fourth-order valence-corrected chi connectivity index (χ4v) is 2.03. The lowest BCUT2D eigenvalue weighted by Gasteiger charge is -1.97. The number of hydrogen-bond donors (Lipinski definition) is 1. The molecule has 0 fully saturated rings. The van der Waals surface area contributed by atoms with Gasteiger partial charge in [0.05, 0.1) is 12.3 Å². The largest absolute Gasteiger partial charge is 0.460 e. The number of ketones is 1. The van der Waals surface area contributed by atoms with Crippen LogP contribution in [0.5, 0.6) is 0 Å². The highest BCUT2D eigenvalue weighted by Gasteiger charge is 2.19. The Balaban J connectivity index is 2.40. The van der Waals surface area contributed by atoms with Crippen molar-refractivity contribution in [1.82, 2.24) is 4.98 Å². The number of H-pyrrole nitrogens is 1. The Morgan fingerprint density at radius 2 is 2.18 bits per heavy atom. The molecule has 0 radical (unpaired) electrons. The van der Waals surface area contributed by atoms with E-state index in [4.69, 9.17) is 0 Å². The van der Waals surface area contributed by atoms with Crippen LogP contribution in [0.2, 0.25) is 0 Å². The predicted octanol–water partition coefficient (Wildman–Crippen LogP) is 2.68. The fourth-order valence-electron chi connectivity index (χ4n) is 1.55. The number of Topliss-reactive ketones (excluding diaryl/α,β-unsaturated/α-hetero) is 1. The number of aromatic amines is 1. The molecule has 0 aliphatic carbocycles. The molecule has 0 aliphatic rings. The van der Waals surface area contributed by atoms with E-state index in [1.165, 1.54) is 0 Å². The van der Waals surface area contributed by atoms with Crippen molar-refractivity contribution in [3.63, 3.8) is 0 Å². The highest BCUT2D eigenvalue weighted by molar-refractivity contribution is 9.10. The number of fused-ring (bicyclic) bond motifs is 1. The molecular weight excluding hydrogens is 286 g/mol. The topological polar surface area (TPSA) is 59.2 Å². The van der Waals surface area contributed by atoms with Gasteiger partial charge in [0, 0.05) is 15.4 Å². The molecule has 1 aromatic heterocycles. The van der Waals surface area contributed by atoms with Crippen molar-refractivity contribution in [2.45, 2.75) is 6.92 Å². The second kappa shape index (κ2) is 4.71. The summed E-state index contributed by atoms with van der Waals surface area (Å²) in [5, 5.41) is 0.861. The Morgan fingerprint density at radius 3 is 2.82 bits per heavy atom. The van der Waals surface area contributed by atoms with Crippen molar-refractivity contribution in [2.24, 2.45) is 0 Å². The maximum Gasteiger partial charge on any atom is 0.381 e. The Labute approximate surface area is 106 Å². The van der Waals surface area contributed by atoms with Gasteiger partial charge in [-0.3, -0.25) is 4.79 Å². The summed E-state index contributed by atoms with van der Waals surface area (Å²) < 4.78 is 5.53. The van der Waals surface area contributed by atoms with Crippen LogP contribution in [0.15, 0.2) is 28.7 Å². The highest BCUT2D eigenvalue weighted by atomic mass is 79.9. The number of carbonyl (C=O) groups excluding carboxylic acids is 2. The van der Waals surface area contributed by atoms with Crippen LogP contribution in [0.1, 0.15) is 17.4 Å². The summed E-state index contributed by atoms with van der Waals surface area (Å²) in [6.07, 6.45) is 0. The Bertz CT molecular complexity index is 588. The number of benzene rings is 1. The molecular formula is C12H10BrNO3. The summed E-state index contributed by atoms with van der Waals surface area (Å²) in [5.41, 5.74) is 1.04. The second-order valence-electron chi connectivity index (χ2n) is 3.43. The third-order valence-corrected chi connectivity index (χ3v) is 3.01. The maximum atomic E-state index is 11.7. The van der Waals surface area contributed by atoms with E-state index in [9.17, 15) is 9.59 Å². The lowest BCUT2D eigenvalue weighted by molar-refractivity contribution is -0.137. The summed E-state index contributed by atoms with van der Waals surface area (Å²) in [6, 6.07) is 7.19. The van der Waals surface area contributed by atoms with Crippen LogP contribution in [-0.4, -0.2) is 23.3 Å². The minimum absolute atomic E-state index is 0.189. The molecule has 0 spiro atoms. The van der Waals surface area contributed by atoms with Crippen molar-refractivity contribution in [3.8, 4) is 0 Å². The maximum absolute atomic E-state index is 11.7. The van der Waals surface area contributed by atoms with E-state index in [1.54, 1.807) is 13.0 Å².